The quantitative estimate of drug-likeness (QED) is 0.887. The zero-order valence-electron chi connectivity index (χ0n) is 12.5. The average molecular weight is 265 g/mol. The molecule has 1 aromatic heterocycles. The summed E-state index contributed by atoms with van der Waals surface area (Å²) in [5.41, 5.74) is 0.847. The number of nitrogens with zero attached hydrogens (tertiary/aromatic N) is 3. The van der Waals surface area contributed by atoms with Crippen molar-refractivity contribution in [2.45, 2.75) is 51.0 Å². The van der Waals surface area contributed by atoms with Crippen LogP contribution in [-0.2, 0) is 7.05 Å². The van der Waals surface area contributed by atoms with Gasteiger partial charge in [0.2, 0.25) is 0 Å². The topological polar surface area (TPSA) is 41.3 Å². The second-order valence-corrected chi connectivity index (χ2v) is 5.86. The predicted octanol–water partition coefficient (Wildman–Crippen LogP) is 2.15. The predicted molar refractivity (Wildman–Crippen MR) is 77.2 cm³/mol. The number of aryl methyl sites for hydroxylation is 1. The summed E-state index contributed by atoms with van der Waals surface area (Å²) in [6.07, 6.45) is 5.90. The van der Waals surface area contributed by atoms with Crippen LogP contribution in [0, 0.1) is 0 Å². The lowest BCUT2D eigenvalue weighted by Gasteiger charge is -2.37. The van der Waals surface area contributed by atoms with E-state index < -0.39 is 5.60 Å². The van der Waals surface area contributed by atoms with Crippen LogP contribution >= 0.6 is 0 Å². The Kier molecular flexibility index (Phi) is 4.63. The van der Waals surface area contributed by atoms with Gasteiger partial charge in [0.25, 0.3) is 0 Å². The van der Waals surface area contributed by atoms with Gasteiger partial charge in [-0.25, -0.2) is 0 Å². The highest BCUT2D eigenvalue weighted by molar-refractivity contribution is 5.08. The molecular weight excluding hydrogens is 238 g/mol. The Hall–Kier alpha value is -0.870. The molecule has 4 heteroatoms. The van der Waals surface area contributed by atoms with Crippen molar-refractivity contribution in [1.29, 1.82) is 0 Å². The third kappa shape index (κ3) is 3.37. The van der Waals surface area contributed by atoms with Crippen molar-refractivity contribution in [2.75, 3.05) is 19.6 Å². The fourth-order valence-corrected chi connectivity index (χ4v) is 3.06. The van der Waals surface area contributed by atoms with Crippen molar-refractivity contribution < 1.29 is 5.11 Å². The zero-order valence-corrected chi connectivity index (χ0v) is 12.5. The van der Waals surface area contributed by atoms with E-state index in [4.69, 9.17) is 0 Å². The summed E-state index contributed by atoms with van der Waals surface area (Å²) in [6, 6.07) is 2.13. The summed E-state index contributed by atoms with van der Waals surface area (Å²) < 4.78 is 1.99. The molecule has 1 N–H and O–H groups in total. The number of likely N-dealkylation sites (tertiary alicyclic amines) is 1. The van der Waals surface area contributed by atoms with Gasteiger partial charge in [0.15, 0.2) is 0 Å². The normalized spacial score (nSPS) is 18.9. The van der Waals surface area contributed by atoms with Crippen LogP contribution in [0.1, 0.15) is 51.1 Å². The van der Waals surface area contributed by atoms with Crippen LogP contribution in [0.5, 0.6) is 0 Å². The molecule has 4 nitrogen and oxygen atoms in total. The molecule has 0 unspecified atom stereocenters. The van der Waals surface area contributed by atoms with Gasteiger partial charge in [-0.15, -0.1) is 0 Å². The van der Waals surface area contributed by atoms with Gasteiger partial charge in [0, 0.05) is 31.4 Å². The lowest BCUT2D eigenvalue weighted by molar-refractivity contribution is -0.00921. The van der Waals surface area contributed by atoms with Gasteiger partial charge in [-0.1, -0.05) is 13.8 Å². The summed E-state index contributed by atoms with van der Waals surface area (Å²) >= 11 is 0. The maximum atomic E-state index is 10.4. The van der Waals surface area contributed by atoms with Gasteiger partial charge in [0.05, 0.1) is 5.60 Å². The van der Waals surface area contributed by atoms with Gasteiger partial charge < -0.3 is 10.0 Å². The van der Waals surface area contributed by atoms with Gasteiger partial charge in [-0.3, -0.25) is 4.68 Å². The Morgan fingerprint density at radius 3 is 2.42 bits per heavy atom. The van der Waals surface area contributed by atoms with E-state index in [1.807, 2.05) is 17.9 Å². The molecule has 0 amide bonds. The van der Waals surface area contributed by atoms with Crippen molar-refractivity contribution >= 4 is 0 Å². The molecule has 1 aliphatic heterocycles. The van der Waals surface area contributed by atoms with Crippen molar-refractivity contribution in [1.82, 2.24) is 14.7 Å². The van der Waals surface area contributed by atoms with Crippen LogP contribution in [0.4, 0.5) is 0 Å². The first-order valence-corrected chi connectivity index (χ1v) is 7.50. The zero-order chi connectivity index (χ0) is 13.9. The molecule has 1 aromatic rings. The first kappa shape index (κ1) is 14.5. The summed E-state index contributed by atoms with van der Waals surface area (Å²) in [5, 5.41) is 14.7. The molecule has 0 radical (unpaired) electrons. The Morgan fingerprint density at radius 2 is 1.95 bits per heavy atom. The molecule has 0 saturated carbocycles. The molecule has 1 aliphatic rings. The minimum Gasteiger partial charge on any atom is -0.389 e. The van der Waals surface area contributed by atoms with E-state index in [0.717, 1.165) is 32.5 Å². The summed E-state index contributed by atoms with van der Waals surface area (Å²) in [5.74, 6) is 0.625. The molecular formula is C15H27N3O. The van der Waals surface area contributed by atoms with Crippen LogP contribution in [-0.4, -0.2) is 45.0 Å². The minimum absolute atomic E-state index is 0.501. The second kappa shape index (κ2) is 6.06. The second-order valence-electron chi connectivity index (χ2n) is 5.86. The van der Waals surface area contributed by atoms with Crippen LogP contribution in [0.25, 0.3) is 0 Å². The van der Waals surface area contributed by atoms with Crippen molar-refractivity contribution in [3.8, 4) is 0 Å². The highest BCUT2D eigenvalue weighted by atomic mass is 16.3. The number of hydrogen-bond donors (Lipinski definition) is 1. The molecule has 1 fully saturated rings. The van der Waals surface area contributed by atoms with Crippen LogP contribution in [0.3, 0.4) is 0 Å². The monoisotopic (exact) mass is 265 g/mol. The summed E-state index contributed by atoms with van der Waals surface area (Å²) in [4.78, 5) is 2.42. The molecule has 0 aromatic carbocycles. The highest BCUT2D eigenvalue weighted by Crippen LogP contribution is 2.28. The fraction of sp³-hybridized carbons (Fsp3) is 0.800. The lowest BCUT2D eigenvalue weighted by atomic mass is 9.91. The van der Waals surface area contributed by atoms with Crippen molar-refractivity contribution in [3.05, 3.63) is 18.0 Å². The first-order valence-electron chi connectivity index (χ1n) is 7.50. The number of aliphatic hydroxyl groups is 1. The van der Waals surface area contributed by atoms with Gasteiger partial charge in [-0.2, -0.15) is 5.10 Å². The number of rotatable bonds is 5. The minimum atomic E-state index is -0.501. The van der Waals surface area contributed by atoms with Crippen molar-refractivity contribution in [2.24, 2.45) is 7.05 Å². The van der Waals surface area contributed by atoms with Crippen LogP contribution in [0.2, 0.25) is 0 Å². The molecule has 19 heavy (non-hydrogen) atoms. The molecule has 2 rings (SSSR count). The Balaban J connectivity index is 1.88. The largest absolute Gasteiger partial charge is 0.389 e. The molecule has 0 spiro atoms. The highest BCUT2D eigenvalue weighted by Gasteiger charge is 2.29. The van der Waals surface area contributed by atoms with Crippen LogP contribution < -0.4 is 0 Å². The average Bonchev–Trinajstić information content (AvgIpc) is 2.86. The van der Waals surface area contributed by atoms with Crippen molar-refractivity contribution in [3.63, 3.8) is 0 Å². The smallest absolute Gasteiger partial charge is 0.0768 e. The fourth-order valence-electron chi connectivity index (χ4n) is 3.06. The molecule has 0 aliphatic carbocycles. The van der Waals surface area contributed by atoms with E-state index in [1.54, 1.807) is 0 Å². The van der Waals surface area contributed by atoms with E-state index in [0.29, 0.717) is 5.92 Å². The van der Waals surface area contributed by atoms with Gasteiger partial charge >= 0.3 is 0 Å². The number of β-amino-alcohol motifs (C(OH)–C–C–N with tert-alkyl or cyclic N) is 1. The van der Waals surface area contributed by atoms with E-state index >= 15 is 0 Å². The molecule has 108 valence electrons. The molecule has 0 atom stereocenters. The SMILES string of the molecule is CCC(O)(CC)CN1CCC(c2ccnn2C)CC1. The molecule has 0 bridgehead atoms. The van der Waals surface area contributed by atoms with E-state index in [2.05, 4.69) is 29.9 Å². The number of aromatic nitrogens is 2. The summed E-state index contributed by atoms with van der Waals surface area (Å²) in [6.45, 7) is 7.13. The van der Waals surface area contributed by atoms with Gasteiger partial charge in [-0.05, 0) is 44.8 Å². The van der Waals surface area contributed by atoms with Gasteiger partial charge in [0.1, 0.15) is 0 Å². The van der Waals surface area contributed by atoms with E-state index in [-0.39, 0.29) is 0 Å². The Labute approximate surface area is 116 Å². The third-order valence-corrected chi connectivity index (χ3v) is 4.70. The molecule has 2 heterocycles. The Morgan fingerprint density at radius 1 is 1.32 bits per heavy atom. The maximum Gasteiger partial charge on any atom is 0.0768 e. The van der Waals surface area contributed by atoms with E-state index in [1.165, 1.54) is 18.5 Å². The Bertz CT molecular complexity index is 390. The number of hydrogen-bond acceptors (Lipinski definition) is 3. The standard InChI is InChI=1S/C15H27N3O/c1-4-15(19,5-2)12-18-10-7-13(8-11-18)14-6-9-16-17(14)3/h6,9,13,19H,4-5,7-8,10-12H2,1-3H3. The first-order chi connectivity index (χ1) is 9.08. The maximum absolute atomic E-state index is 10.4. The summed E-state index contributed by atoms with van der Waals surface area (Å²) in [7, 11) is 2.02. The third-order valence-electron chi connectivity index (χ3n) is 4.70. The lowest BCUT2D eigenvalue weighted by Crippen LogP contribution is -2.45. The number of piperidine rings is 1. The van der Waals surface area contributed by atoms with Crippen LogP contribution in [0.15, 0.2) is 12.3 Å². The molecule has 1 saturated heterocycles. The van der Waals surface area contributed by atoms with E-state index in [9.17, 15) is 5.11 Å².